The molecule has 18 heavy (non-hydrogen) atoms. The number of benzene rings is 1. The number of ether oxygens (including phenoxy) is 1. The summed E-state index contributed by atoms with van der Waals surface area (Å²) >= 11 is 11.4. The molecule has 4 nitrogen and oxygen atoms in total. The molecule has 1 aromatic carbocycles. The van der Waals surface area contributed by atoms with Gasteiger partial charge in [0, 0.05) is 0 Å². The van der Waals surface area contributed by atoms with Crippen molar-refractivity contribution < 1.29 is 4.74 Å². The normalized spacial score (nSPS) is 10.7. The standard InChI is InChI=1S/C12H11Cl2N3O/c1-7(2)8-3-5-9(6-4-8)18-11-10(13)16-17-12(14)15-11/h3-7H,1-2H3. The van der Waals surface area contributed by atoms with Crippen molar-refractivity contribution in [2.75, 3.05) is 0 Å². The second kappa shape index (κ2) is 5.50. The van der Waals surface area contributed by atoms with Gasteiger partial charge in [0.2, 0.25) is 10.4 Å². The van der Waals surface area contributed by atoms with E-state index >= 15 is 0 Å². The Morgan fingerprint density at radius 1 is 1.06 bits per heavy atom. The van der Waals surface area contributed by atoms with Crippen LogP contribution in [0.4, 0.5) is 0 Å². The van der Waals surface area contributed by atoms with Gasteiger partial charge in [0.25, 0.3) is 5.88 Å². The molecule has 0 spiro atoms. The summed E-state index contributed by atoms with van der Waals surface area (Å²) in [5, 5.41) is 7.20. The van der Waals surface area contributed by atoms with Crippen LogP contribution in [0.25, 0.3) is 0 Å². The SMILES string of the molecule is CC(C)c1ccc(Oc2nc(Cl)nnc2Cl)cc1. The van der Waals surface area contributed by atoms with E-state index in [9.17, 15) is 0 Å². The summed E-state index contributed by atoms with van der Waals surface area (Å²) in [6.07, 6.45) is 0. The molecule has 6 heteroatoms. The second-order valence-electron chi connectivity index (χ2n) is 4.00. The van der Waals surface area contributed by atoms with Crippen molar-refractivity contribution in [3.8, 4) is 11.6 Å². The molecule has 0 saturated heterocycles. The first-order valence-electron chi connectivity index (χ1n) is 5.40. The summed E-state index contributed by atoms with van der Waals surface area (Å²) in [5.74, 6) is 1.24. The molecule has 1 aromatic heterocycles. The molecular weight excluding hydrogens is 273 g/mol. The first-order chi connectivity index (χ1) is 8.56. The van der Waals surface area contributed by atoms with Gasteiger partial charge in [-0.15, -0.1) is 10.2 Å². The smallest absolute Gasteiger partial charge is 0.262 e. The number of halogens is 2. The van der Waals surface area contributed by atoms with Gasteiger partial charge in [0.05, 0.1) is 0 Å². The number of nitrogens with zero attached hydrogens (tertiary/aromatic N) is 3. The second-order valence-corrected chi connectivity index (χ2v) is 4.70. The monoisotopic (exact) mass is 283 g/mol. The first kappa shape index (κ1) is 13.1. The lowest BCUT2D eigenvalue weighted by Gasteiger charge is -2.08. The summed E-state index contributed by atoms with van der Waals surface area (Å²) < 4.78 is 5.49. The quantitative estimate of drug-likeness (QED) is 0.851. The van der Waals surface area contributed by atoms with Crippen LogP contribution >= 0.6 is 23.2 Å². The molecule has 0 bridgehead atoms. The third-order valence-corrected chi connectivity index (χ3v) is 2.75. The molecule has 0 N–H and O–H groups in total. The first-order valence-corrected chi connectivity index (χ1v) is 6.15. The summed E-state index contributed by atoms with van der Waals surface area (Å²) in [7, 11) is 0. The Morgan fingerprint density at radius 2 is 1.72 bits per heavy atom. The van der Waals surface area contributed by atoms with E-state index in [0.29, 0.717) is 11.7 Å². The van der Waals surface area contributed by atoms with Gasteiger partial charge in [0.1, 0.15) is 5.75 Å². The molecule has 1 heterocycles. The highest BCUT2D eigenvalue weighted by Crippen LogP contribution is 2.27. The van der Waals surface area contributed by atoms with Crippen LogP contribution in [0, 0.1) is 0 Å². The van der Waals surface area contributed by atoms with Crippen LogP contribution in [0.3, 0.4) is 0 Å². The van der Waals surface area contributed by atoms with E-state index in [1.165, 1.54) is 5.56 Å². The Kier molecular flexibility index (Phi) is 3.99. The Balaban J connectivity index is 2.21. The highest BCUT2D eigenvalue weighted by molar-refractivity contribution is 6.31. The lowest BCUT2D eigenvalue weighted by Crippen LogP contribution is -1.95. The molecule has 0 unspecified atom stereocenters. The Labute approximate surface area is 115 Å². The van der Waals surface area contributed by atoms with Crippen molar-refractivity contribution in [2.45, 2.75) is 19.8 Å². The van der Waals surface area contributed by atoms with Crippen molar-refractivity contribution in [3.63, 3.8) is 0 Å². The number of hydrogen-bond acceptors (Lipinski definition) is 4. The Morgan fingerprint density at radius 3 is 2.33 bits per heavy atom. The van der Waals surface area contributed by atoms with E-state index in [4.69, 9.17) is 27.9 Å². The zero-order valence-electron chi connectivity index (χ0n) is 9.89. The average molecular weight is 284 g/mol. The zero-order chi connectivity index (χ0) is 13.1. The molecule has 0 aliphatic rings. The third-order valence-electron chi connectivity index (χ3n) is 2.35. The van der Waals surface area contributed by atoms with Gasteiger partial charge in [-0.3, -0.25) is 0 Å². The van der Waals surface area contributed by atoms with Gasteiger partial charge in [-0.05, 0) is 35.2 Å². The van der Waals surface area contributed by atoms with Gasteiger partial charge in [-0.25, -0.2) is 0 Å². The minimum absolute atomic E-state index is 0.00630. The maximum atomic E-state index is 5.81. The fourth-order valence-electron chi connectivity index (χ4n) is 1.38. The predicted octanol–water partition coefficient (Wildman–Crippen LogP) is 4.09. The van der Waals surface area contributed by atoms with E-state index in [-0.39, 0.29) is 16.3 Å². The van der Waals surface area contributed by atoms with Crippen molar-refractivity contribution in [2.24, 2.45) is 0 Å². The van der Waals surface area contributed by atoms with Gasteiger partial charge in [-0.2, -0.15) is 4.98 Å². The van der Waals surface area contributed by atoms with Crippen LogP contribution in [0.2, 0.25) is 10.4 Å². The summed E-state index contributed by atoms with van der Waals surface area (Å²) in [6, 6.07) is 7.68. The largest absolute Gasteiger partial charge is 0.436 e. The molecule has 0 saturated carbocycles. The fraction of sp³-hybridized carbons (Fsp3) is 0.250. The van der Waals surface area contributed by atoms with E-state index < -0.39 is 0 Å². The lowest BCUT2D eigenvalue weighted by molar-refractivity contribution is 0.457. The molecule has 0 atom stereocenters. The van der Waals surface area contributed by atoms with Gasteiger partial charge in [-0.1, -0.05) is 37.6 Å². The van der Waals surface area contributed by atoms with Crippen molar-refractivity contribution in [1.29, 1.82) is 0 Å². The summed E-state index contributed by atoms with van der Waals surface area (Å²) in [6.45, 7) is 4.25. The van der Waals surface area contributed by atoms with Crippen LogP contribution in [-0.4, -0.2) is 15.2 Å². The average Bonchev–Trinajstić information content (AvgIpc) is 2.34. The van der Waals surface area contributed by atoms with Gasteiger partial charge in [0.15, 0.2) is 0 Å². The van der Waals surface area contributed by atoms with Crippen LogP contribution in [-0.2, 0) is 0 Å². The molecule has 94 valence electrons. The van der Waals surface area contributed by atoms with Crippen molar-refractivity contribution in [3.05, 3.63) is 40.3 Å². The maximum Gasteiger partial charge on any atom is 0.262 e. The lowest BCUT2D eigenvalue weighted by atomic mass is 10.0. The molecule has 2 aromatic rings. The van der Waals surface area contributed by atoms with Crippen LogP contribution < -0.4 is 4.74 Å². The number of aromatic nitrogens is 3. The van der Waals surface area contributed by atoms with E-state index in [0.717, 1.165) is 0 Å². The minimum Gasteiger partial charge on any atom is -0.436 e. The fourth-order valence-corrected chi connectivity index (χ4v) is 1.61. The zero-order valence-corrected chi connectivity index (χ0v) is 11.4. The van der Waals surface area contributed by atoms with Crippen LogP contribution in [0.15, 0.2) is 24.3 Å². The molecule has 2 rings (SSSR count). The van der Waals surface area contributed by atoms with Crippen molar-refractivity contribution >= 4 is 23.2 Å². The van der Waals surface area contributed by atoms with E-state index in [1.54, 1.807) is 0 Å². The van der Waals surface area contributed by atoms with E-state index in [1.807, 2.05) is 24.3 Å². The topological polar surface area (TPSA) is 47.9 Å². The molecule has 0 amide bonds. The third kappa shape index (κ3) is 3.09. The molecule has 0 radical (unpaired) electrons. The maximum absolute atomic E-state index is 5.81. The highest BCUT2D eigenvalue weighted by Gasteiger charge is 2.09. The summed E-state index contributed by atoms with van der Waals surface area (Å²) in [5.41, 5.74) is 1.23. The Bertz CT molecular complexity index is 544. The van der Waals surface area contributed by atoms with Gasteiger partial charge < -0.3 is 4.74 Å². The number of rotatable bonds is 3. The highest BCUT2D eigenvalue weighted by atomic mass is 35.5. The number of hydrogen-bond donors (Lipinski definition) is 0. The molecule has 0 fully saturated rings. The molecule has 0 aliphatic heterocycles. The summed E-state index contributed by atoms with van der Waals surface area (Å²) in [4.78, 5) is 3.86. The predicted molar refractivity (Wildman–Crippen MR) is 70.5 cm³/mol. The van der Waals surface area contributed by atoms with Gasteiger partial charge >= 0.3 is 0 Å². The van der Waals surface area contributed by atoms with E-state index in [2.05, 4.69) is 29.0 Å². The molecular formula is C12H11Cl2N3O. The van der Waals surface area contributed by atoms with Crippen LogP contribution in [0.5, 0.6) is 11.6 Å². The van der Waals surface area contributed by atoms with Crippen molar-refractivity contribution in [1.82, 2.24) is 15.2 Å². The Hall–Kier alpha value is -1.39. The minimum atomic E-state index is -0.00630. The van der Waals surface area contributed by atoms with Crippen LogP contribution in [0.1, 0.15) is 25.3 Å². The molecule has 0 aliphatic carbocycles.